The molecule has 8 heteroatoms. The number of rotatable bonds is 4. The van der Waals surface area contributed by atoms with Gasteiger partial charge in [0.15, 0.2) is 0 Å². The van der Waals surface area contributed by atoms with E-state index in [1.165, 1.54) is 26.2 Å². The molecule has 0 aliphatic heterocycles. The number of sulfonamides is 1. The summed E-state index contributed by atoms with van der Waals surface area (Å²) < 4.78 is 25.9. The highest BCUT2D eigenvalue weighted by Crippen LogP contribution is 2.19. The van der Waals surface area contributed by atoms with Crippen molar-refractivity contribution in [3.05, 3.63) is 23.5 Å². The molecule has 94 valence electrons. The number of nitrogens with one attached hydrogen (secondary N) is 2. The second-order valence-electron chi connectivity index (χ2n) is 3.26. The number of pyridine rings is 1. The molecule has 0 radical (unpaired) electrons. The van der Waals surface area contributed by atoms with Crippen LogP contribution >= 0.6 is 11.6 Å². The van der Waals surface area contributed by atoms with Crippen LogP contribution in [0, 0.1) is 0 Å². The topological polar surface area (TPSA) is 88.2 Å². The highest BCUT2D eigenvalue weighted by Gasteiger charge is 2.23. The van der Waals surface area contributed by atoms with E-state index in [4.69, 9.17) is 11.6 Å². The number of carbonyl (C=O) groups is 1. The minimum absolute atomic E-state index is 0.0524. The molecule has 1 aromatic rings. The molecule has 1 heterocycles. The summed E-state index contributed by atoms with van der Waals surface area (Å²) in [6.07, 6.45) is 2.50. The van der Waals surface area contributed by atoms with Gasteiger partial charge in [-0.1, -0.05) is 11.6 Å². The van der Waals surface area contributed by atoms with Crippen LogP contribution < -0.4 is 10.0 Å². The van der Waals surface area contributed by atoms with Gasteiger partial charge in [-0.15, -0.1) is 0 Å². The maximum Gasteiger partial charge on any atom is 0.244 e. The van der Waals surface area contributed by atoms with E-state index in [1.54, 1.807) is 0 Å². The highest BCUT2D eigenvalue weighted by atomic mass is 35.5. The summed E-state index contributed by atoms with van der Waals surface area (Å²) in [5.41, 5.74) is 0. The third-order valence-corrected chi connectivity index (χ3v) is 4.01. The Bertz CT molecular complexity index is 518. The molecule has 1 aromatic heterocycles. The van der Waals surface area contributed by atoms with Gasteiger partial charge < -0.3 is 5.32 Å². The molecule has 6 nitrogen and oxygen atoms in total. The standard InChI is InChI=1S/C9H12ClN3O3S/c1-6(9(14)11-2)13-17(15,16)8-5-12-4-3-7(8)10/h3-6,13H,1-2H3,(H,11,14). The van der Waals surface area contributed by atoms with Crippen LogP contribution in [0.3, 0.4) is 0 Å². The molecule has 1 amide bonds. The SMILES string of the molecule is CNC(=O)C(C)NS(=O)(=O)c1cnccc1Cl. The fraction of sp³-hybridized carbons (Fsp3) is 0.333. The molecular weight excluding hydrogens is 266 g/mol. The Kier molecular flexibility index (Phi) is 4.44. The number of likely N-dealkylation sites (N-methyl/N-ethyl adjacent to an activating group) is 1. The smallest absolute Gasteiger partial charge is 0.244 e. The fourth-order valence-electron chi connectivity index (χ4n) is 1.13. The first kappa shape index (κ1) is 13.9. The molecule has 0 fully saturated rings. The molecule has 2 N–H and O–H groups in total. The second-order valence-corrected chi connectivity index (χ2v) is 5.35. The van der Waals surface area contributed by atoms with E-state index in [0.717, 1.165) is 6.20 Å². The molecule has 0 aliphatic carbocycles. The van der Waals surface area contributed by atoms with Crippen molar-refractivity contribution in [1.82, 2.24) is 15.0 Å². The third kappa shape index (κ3) is 3.39. The summed E-state index contributed by atoms with van der Waals surface area (Å²) >= 11 is 5.75. The summed E-state index contributed by atoms with van der Waals surface area (Å²) in [6.45, 7) is 1.43. The highest BCUT2D eigenvalue weighted by molar-refractivity contribution is 7.89. The number of aromatic nitrogens is 1. The second kappa shape index (κ2) is 5.44. The zero-order chi connectivity index (χ0) is 13.1. The number of hydrogen-bond donors (Lipinski definition) is 2. The van der Waals surface area contributed by atoms with E-state index in [0.29, 0.717) is 0 Å². The summed E-state index contributed by atoms with van der Waals surface area (Å²) in [5.74, 6) is -0.436. The maximum atomic E-state index is 11.9. The van der Waals surface area contributed by atoms with E-state index in [-0.39, 0.29) is 9.92 Å². The van der Waals surface area contributed by atoms with Crippen LogP contribution in [0.15, 0.2) is 23.4 Å². The molecule has 0 saturated carbocycles. The molecule has 0 aliphatic rings. The predicted molar refractivity (Wildman–Crippen MR) is 63.1 cm³/mol. The zero-order valence-corrected chi connectivity index (χ0v) is 10.8. The van der Waals surface area contributed by atoms with Crippen LogP contribution in [0.5, 0.6) is 0 Å². The normalized spacial score (nSPS) is 13.1. The molecule has 1 unspecified atom stereocenters. The van der Waals surface area contributed by atoms with E-state index in [9.17, 15) is 13.2 Å². The summed E-state index contributed by atoms with van der Waals surface area (Å²) in [6, 6.07) is 0.474. The van der Waals surface area contributed by atoms with Crippen molar-refractivity contribution in [3.63, 3.8) is 0 Å². The van der Waals surface area contributed by atoms with Gasteiger partial charge in [0, 0.05) is 19.4 Å². The monoisotopic (exact) mass is 277 g/mol. The summed E-state index contributed by atoms with van der Waals surface area (Å²) in [7, 11) is -2.43. The minimum atomic E-state index is -3.85. The molecule has 0 aromatic carbocycles. The van der Waals surface area contributed by atoms with Crippen molar-refractivity contribution in [2.75, 3.05) is 7.05 Å². The van der Waals surface area contributed by atoms with Crippen molar-refractivity contribution < 1.29 is 13.2 Å². The lowest BCUT2D eigenvalue weighted by molar-refractivity contribution is -0.121. The number of halogens is 1. The van der Waals surface area contributed by atoms with Crippen LogP contribution in [0.1, 0.15) is 6.92 Å². The van der Waals surface area contributed by atoms with Crippen molar-refractivity contribution >= 4 is 27.5 Å². The molecule has 17 heavy (non-hydrogen) atoms. The van der Waals surface area contributed by atoms with Gasteiger partial charge in [-0.25, -0.2) is 8.42 Å². The lowest BCUT2D eigenvalue weighted by Crippen LogP contribution is -2.43. The Morgan fingerprint density at radius 2 is 2.18 bits per heavy atom. The zero-order valence-electron chi connectivity index (χ0n) is 9.27. The third-order valence-electron chi connectivity index (χ3n) is 2.00. The fourth-order valence-corrected chi connectivity index (χ4v) is 2.76. The van der Waals surface area contributed by atoms with Crippen molar-refractivity contribution in [2.24, 2.45) is 0 Å². The van der Waals surface area contributed by atoms with Gasteiger partial charge >= 0.3 is 0 Å². The quantitative estimate of drug-likeness (QED) is 0.820. The lowest BCUT2D eigenvalue weighted by Gasteiger charge is -2.13. The van der Waals surface area contributed by atoms with Crippen LogP contribution in [-0.4, -0.2) is 32.4 Å². The maximum absolute atomic E-state index is 11.9. The number of hydrogen-bond acceptors (Lipinski definition) is 4. The van der Waals surface area contributed by atoms with Gasteiger partial charge in [0.2, 0.25) is 15.9 Å². The first-order chi connectivity index (χ1) is 7.88. The molecule has 1 rings (SSSR count). The van der Waals surface area contributed by atoms with Gasteiger partial charge in [-0.2, -0.15) is 4.72 Å². The van der Waals surface area contributed by atoms with E-state index in [1.807, 2.05) is 0 Å². The first-order valence-corrected chi connectivity index (χ1v) is 6.58. The van der Waals surface area contributed by atoms with Gasteiger partial charge in [0.25, 0.3) is 0 Å². The average molecular weight is 278 g/mol. The van der Waals surface area contributed by atoms with Crippen LogP contribution in [-0.2, 0) is 14.8 Å². The van der Waals surface area contributed by atoms with Crippen LogP contribution in [0.4, 0.5) is 0 Å². The average Bonchev–Trinajstić information content (AvgIpc) is 2.27. The minimum Gasteiger partial charge on any atom is -0.358 e. The van der Waals surface area contributed by atoms with Crippen molar-refractivity contribution in [2.45, 2.75) is 17.9 Å². The van der Waals surface area contributed by atoms with E-state index < -0.39 is 22.0 Å². The first-order valence-electron chi connectivity index (χ1n) is 4.72. The Hall–Kier alpha value is -1.18. The van der Waals surface area contributed by atoms with Crippen LogP contribution in [0.2, 0.25) is 5.02 Å². The number of amides is 1. The molecule has 0 spiro atoms. The van der Waals surface area contributed by atoms with Gasteiger partial charge in [0.1, 0.15) is 4.90 Å². The Morgan fingerprint density at radius 3 is 2.71 bits per heavy atom. The van der Waals surface area contributed by atoms with Gasteiger partial charge in [-0.3, -0.25) is 9.78 Å². The molecule has 0 bridgehead atoms. The predicted octanol–water partition coefficient (Wildman–Crippen LogP) is 0.148. The molecule has 1 atom stereocenters. The largest absolute Gasteiger partial charge is 0.358 e. The molecular formula is C9H12ClN3O3S. The number of carbonyl (C=O) groups excluding carboxylic acids is 1. The Morgan fingerprint density at radius 1 is 1.53 bits per heavy atom. The molecule has 0 saturated heterocycles. The van der Waals surface area contributed by atoms with E-state index in [2.05, 4.69) is 15.0 Å². The van der Waals surface area contributed by atoms with Crippen molar-refractivity contribution in [1.29, 1.82) is 0 Å². The van der Waals surface area contributed by atoms with Gasteiger partial charge in [0.05, 0.1) is 11.1 Å². The number of nitrogens with zero attached hydrogens (tertiary/aromatic N) is 1. The summed E-state index contributed by atoms with van der Waals surface area (Å²) in [4.78, 5) is 14.7. The Balaban J connectivity index is 2.98. The van der Waals surface area contributed by atoms with E-state index >= 15 is 0 Å². The van der Waals surface area contributed by atoms with Crippen molar-refractivity contribution in [3.8, 4) is 0 Å². The van der Waals surface area contributed by atoms with Gasteiger partial charge in [-0.05, 0) is 13.0 Å². The summed E-state index contributed by atoms with van der Waals surface area (Å²) in [5, 5.41) is 2.39. The Labute approximate surface area is 104 Å². The van der Waals surface area contributed by atoms with Crippen LogP contribution in [0.25, 0.3) is 0 Å². The lowest BCUT2D eigenvalue weighted by atomic mass is 10.3.